The molecular weight excluding hydrogens is 444 g/mol. The van der Waals surface area contributed by atoms with Crippen molar-refractivity contribution in [2.45, 2.75) is 12.3 Å². The molecule has 174 valence electrons. The minimum Gasteiger partial charge on any atom is -0.508 e. The first-order valence-electron chi connectivity index (χ1n) is 11.2. The summed E-state index contributed by atoms with van der Waals surface area (Å²) < 4.78 is 18.9. The molecule has 0 amide bonds. The van der Waals surface area contributed by atoms with Crippen molar-refractivity contribution in [3.63, 3.8) is 0 Å². The predicted octanol–water partition coefficient (Wildman–Crippen LogP) is 4.72. The summed E-state index contributed by atoms with van der Waals surface area (Å²) in [4.78, 5) is 9.44. The van der Waals surface area contributed by atoms with Gasteiger partial charge in [0.15, 0.2) is 23.0 Å². The molecule has 1 atom stereocenters. The third-order valence-electron chi connectivity index (χ3n) is 6.18. The van der Waals surface area contributed by atoms with Gasteiger partial charge in [-0.25, -0.2) is 14.5 Å². The van der Waals surface area contributed by atoms with Crippen molar-refractivity contribution in [3.8, 4) is 28.9 Å². The number of nitrogens with zero attached hydrogens (tertiary/aromatic N) is 4. The highest BCUT2D eigenvalue weighted by molar-refractivity contribution is 5.67. The van der Waals surface area contributed by atoms with Crippen LogP contribution < -0.4 is 14.2 Å². The highest BCUT2D eigenvalue weighted by Crippen LogP contribution is 2.49. The Bertz CT molecular complexity index is 1550. The highest BCUT2D eigenvalue weighted by atomic mass is 16.5. The predicted molar refractivity (Wildman–Crippen MR) is 129 cm³/mol. The van der Waals surface area contributed by atoms with Crippen molar-refractivity contribution >= 4 is 5.65 Å². The molecule has 1 aliphatic rings. The van der Waals surface area contributed by atoms with Gasteiger partial charge < -0.3 is 19.3 Å². The second-order valence-electron chi connectivity index (χ2n) is 8.29. The van der Waals surface area contributed by atoms with Crippen LogP contribution in [0.1, 0.15) is 34.0 Å². The Morgan fingerprint density at radius 2 is 1.80 bits per heavy atom. The Hall–Kier alpha value is -4.59. The molecule has 0 radical (unpaired) electrons. The number of rotatable bonds is 5. The van der Waals surface area contributed by atoms with E-state index < -0.39 is 0 Å². The molecule has 6 rings (SSSR count). The summed E-state index contributed by atoms with van der Waals surface area (Å²) in [7, 11) is 3.22. The molecule has 8 heteroatoms. The van der Waals surface area contributed by atoms with Crippen LogP contribution >= 0.6 is 0 Å². The van der Waals surface area contributed by atoms with Crippen molar-refractivity contribution < 1.29 is 19.3 Å². The maximum atomic E-state index is 10.1. The zero-order valence-corrected chi connectivity index (χ0v) is 19.2. The van der Waals surface area contributed by atoms with Crippen LogP contribution in [-0.4, -0.2) is 38.9 Å². The van der Waals surface area contributed by atoms with Gasteiger partial charge in [0.2, 0.25) is 5.88 Å². The number of benzene rings is 3. The van der Waals surface area contributed by atoms with Crippen LogP contribution in [0, 0.1) is 0 Å². The molecule has 0 saturated carbocycles. The molecule has 0 unspecified atom stereocenters. The van der Waals surface area contributed by atoms with Gasteiger partial charge in [-0.2, -0.15) is 0 Å². The fourth-order valence-corrected chi connectivity index (χ4v) is 4.58. The molecule has 3 heterocycles. The third-order valence-corrected chi connectivity index (χ3v) is 6.18. The lowest BCUT2D eigenvalue weighted by molar-refractivity contribution is 0.354. The van der Waals surface area contributed by atoms with Gasteiger partial charge in [-0.1, -0.05) is 42.5 Å². The van der Waals surface area contributed by atoms with E-state index in [1.807, 2.05) is 42.5 Å². The maximum Gasteiger partial charge on any atom is 0.228 e. The summed E-state index contributed by atoms with van der Waals surface area (Å²) in [6.45, 7) is 0. The number of ether oxygens (including phenoxy) is 3. The topological polar surface area (TPSA) is 91.0 Å². The Labute approximate surface area is 201 Å². The third kappa shape index (κ3) is 3.59. The van der Waals surface area contributed by atoms with Crippen molar-refractivity contribution in [1.29, 1.82) is 0 Å². The van der Waals surface area contributed by atoms with Gasteiger partial charge >= 0.3 is 0 Å². The Morgan fingerprint density at radius 3 is 2.60 bits per heavy atom. The van der Waals surface area contributed by atoms with Gasteiger partial charge in [0, 0.05) is 24.0 Å². The van der Waals surface area contributed by atoms with Crippen LogP contribution in [0.2, 0.25) is 0 Å². The summed E-state index contributed by atoms with van der Waals surface area (Å²) >= 11 is 0. The van der Waals surface area contributed by atoms with E-state index in [1.165, 1.54) is 0 Å². The number of phenolic OH excluding ortho intramolecular Hbond substituents is 1. The van der Waals surface area contributed by atoms with Crippen LogP contribution in [-0.2, 0) is 6.42 Å². The van der Waals surface area contributed by atoms with Crippen molar-refractivity contribution in [1.82, 2.24) is 19.6 Å². The van der Waals surface area contributed by atoms with E-state index in [0.29, 0.717) is 41.0 Å². The molecule has 0 saturated heterocycles. The fourth-order valence-electron chi connectivity index (χ4n) is 4.58. The average Bonchev–Trinajstić information content (AvgIpc) is 3.30. The second-order valence-corrected chi connectivity index (χ2v) is 8.29. The van der Waals surface area contributed by atoms with E-state index in [2.05, 4.69) is 22.2 Å². The van der Waals surface area contributed by atoms with Crippen molar-refractivity contribution in [3.05, 3.63) is 101 Å². The molecule has 3 aromatic carbocycles. The SMILES string of the molecule is COc1ccc([C@@H]2c3ccc(O)cc3Oc3ncn4nc(Cc5ccccc5)nc4c32)cc1OC. The first kappa shape index (κ1) is 21.0. The Balaban J connectivity index is 1.55. The van der Waals surface area contributed by atoms with E-state index in [-0.39, 0.29) is 11.7 Å². The lowest BCUT2D eigenvalue weighted by Gasteiger charge is -2.28. The van der Waals surface area contributed by atoms with Gasteiger partial charge in [-0.15, -0.1) is 5.10 Å². The van der Waals surface area contributed by atoms with Gasteiger partial charge in [-0.05, 0) is 29.3 Å². The Morgan fingerprint density at radius 1 is 0.971 bits per heavy atom. The first-order valence-corrected chi connectivity index (χ1v) is 11.2. The number of hydrogen-bond acceptors (Lipinski definition) is 7. The number of fused-ring (bicyclic) bond motifs is 4. The zero-order valence-electron chi connectivity index (χ0n) is 19.2. The monoisotopic (exact) mass is 466 g/mol. The van der Waals surface area contributed by atoms with Crippen LogP contribution in [0.5, 0.6) is 28.9 Å². The molecule has 2 aromatic heterocycles. The summed E-state index contributed by atoms with van der Waals surface area (Å²) in [5.41, 5.74) is 4.41. The van der Waals surface area contributed by atoms with Gasteiger partial charge in [0.25, 0.3) is 0 Å². The molecule has 1 N–H and O–H groups in total. The summed E-state index contributed by atoms with van der Waals surface area (Å²) in [5.74, 6) is 2.75. The molecule has 0 fully saturated rings. The van der Waals surface area contributed by atoms with Crippen LogP contribution in [0.15, 0.2) is 73.1 Å². The maximum absolute atomic E-state index is 10.1. The Kier molecular flexibility index (Phi) is 4.99. The zero-order chi connectivity index (χ0) is 23.9. The average molecular weight is 466 g/mol. The summed E-state index contributed by atoms with van der Waals surface area (Å²) in [6.07, 6.45) is 2.21. The van der Waals surface area contributed by atoms with E-state index >= 15 is 0 Å². The number of methoxy groups -OCH3 is 2. The molecule has 0 bridgehead atoms. The van der Waals surface area contributed by atoms with Gasteiger partial charge in [-0.3, -0.25) is 0 Å². The molecule has 0 aliphatic carbocycles. The lowest BCUT2D eigenvalue weighted by atomic mass is 9.83. The largest absolute Gasteiger partial charge is 0.508 e. The number of aromatic nitrogens is 4. The quantitative estimate of drug-likeness (QED) is 0.393. The molecule has 35 heavy (non-hydrogen) atoms. The normalized spacial score (nSPS) is 14.2. The van der Waals surface area contributed by atoms with Crippen LogP contribution in [0.25, 0.3) is 5.65 Å². The van der Waals surface area contributed by atoms with E-state index in [1.54, 1.807) is 37.2 Å². The van der Waals surface area contributed by atoms with Crippen molar-refractivity contribution in [2.75, 3.05) is 14.2 Å². The molecular formula is C27H22N4O4. The standard InChI is InChI=1S/C27H22N4O4/c1-33-20-11-8-17(13-22(20)34-2)24-19-10-9-18(32)14-21(19)35-27-25(24)26-29-23(30-31(26)15-28-27)12-16-6-4-3-5-7-16/h3-11,13-15,24,32H,12H2,1-2H3/t24-/m1/s1. The van der Waals surface area contributed by atoms with E-state index in [9.17, 15) is 5.11 Å². The van der Waals surface area contributed by atoms with Gasteiger partial charge in [0.1, 0.15) is 17.8 Å². The molecule has 8 nitrogen and oxygen atoms in total. The fraction of sp³-hybridized carbons (Fsp3) is 0.148. The highest BCUT2D eigenvalue weighted by Gasteiger charge is 2.34. The first-order chi connectivity index (χ1) is 17.1. The van der Waals surface area contributed by atoms with Crippen LogP contribution in [0.4, 0.5) is 0 Å². The smallest absolute Gasteiger partial charge is 0.228 e. The molecule has 5 aromatic rings. The molecule has 1 aliphatic heterocycles. The van der Waals surface area contributed by atoms with Crippen LogP contribution in [0.3, 0.4) is 0 Å². The number of phenols is 1. The lowest BCUT2D eigenvalue weighted by Crippen LogP contribution is -2.15. The minimum absolute atomic E-state index is 0.118. The molecule has 0 spiro atoms. The summed E-state index contributed by atoms with van der Waals surface area (Å²) in [6, 6.07) is 21.0. The minimum atomic E-state index is -0.279. The van der Waals surface area contributed by atoms with Crippen molar-refractivity contribution in [2.24, 2.45) is 0 Å². The van der Waals surface area contributed by atoms with E-state index in [0.717, 1.165) is 22.3 Å². The van der Waals surface area contributed by atoms with Gasteiger partial charge in [0.05, 0.1) is 19.8 Å². The number of aromatic hydroxyl groups is 1. The number of hydrogen-bond donors (Lipinski definition) is 1. The second kappa shape index (κ2) is 8.32. The van der Waals surface area contributed by atoms with E-state index in [4.69, 9.17) is 19.2 Å². The summed E-state index contributed by atoms with van der Waals surface area (Å²) in [5, 5.41) is 14.8.